The van der Waals surface area contributed by atoms with E-state index < -0.39 is 4.92 Å². The zero-order chi connectivity index (χ0) is 15.3. The van der Waals surface area contributed by atoms with Crippen LogP contribution in [-0.4, -0.2) is 4.92 Å². The molecule has 23 heavy (non-hydrogen) atoms. The van der Waals surface area contributed by atoms with E-state index in [1.54, 1.807) is 6.07 Å². The first-order valence-electron chi connectivity index (χ1n) is 5.73. The second-order valence-corrected chi connectivity index (χ2v) is 5.91. The Morgan fingerprint density at radius 2 is 1.43 bits per heavy atom. The Kier molecular flexibility index (Phi) is 15.1. The number of nitrogens with two attached hydrogens (primary N) is 1. The summed E-state index contributed by atoms with van der Waals surface area (Å²) in [5, 5.41) is 10.3. The molecule has 5 nitrogen and oxygen atoms in total. The molecular weight excluding hydrogens is 493 g/mol. The molecule has 0 bridgehead atoms. The van der Waals surface area contributed by atoms with E-state index in [1.807, 2.05) is 32.0 Å². The maximum atomic E-state index is 10.3. The quantitative estimate of drug-likeness (QED) is 0.226. The molecule has 130 valence electrons. The number of hydrogen-bond donors (Lipinski definition) is 2. The number of rotatable bonds is 1. The number of non-ortho nitro benzene ring substituents is 1. The van der Waals surface area contributed by atoms with Gasteiger partial charge in [0.25, 0.3) is 5.69 Å². The summed E-state index contributed by atoms with van der Waals surface area (Å²) in [4.78, 5) is 9.85. The van der Waals surface area contributed by atoms with Gasteiger partial charge in [-0.2, -0.15) is 0 Å². The Labute approximate surface area is 169 Å². The first kappa shape index (κ1) is 27.2. The van der Waals surface area contributed by atoms with E-state index in [4.69, 9.17) is 5.73 Å². The topological polar surface area (TPSA) is 104 Å². The van der Waals surface area contributed by atoms with E-state index in [2.05, 4.69) is 31.9 Å². The van der Waals surface area contributed by atoms with Gasteiger partial charge in [0.1, 0.15) is 0 Å². The molecule has 2 aromatic carbocycles. The summed E-state index contributed by atoms with van der Waals surface area (Å²) >= 11 is 6.63. The van der Waals surface area contributed by atoms with Crippen LogP contribution < -0.4 is 11.9 Å². The molecule has 0 heterocycles. The summed E-state index contributed by atoms with van der Waals surface area (Å²) < 4.78 is 2.00. The van der Waals surface area contributed by atoms with Gasteiger partial charge in [0.2, 0.25) is 0 Å². The molecule has 2 rings (SSSR count). The maximum Gasteiger partial charge on any atom is 0.269 e. The molecule has 0 saturated carbocycles. The third-order valence-corrected chi connectivity index (χ3v) is 4.31. The Hall–Kier alpha value is -0.631. The van der Waals surface area contributed by atoms with Gasteiger partial charge in [-0.05, 0) is 49.2 Å². The van der Waals surface area contributed by atoms with Crippen LogP contribution in [0.5, 0.6) is 0 Å². The van der Waals surface area contributed by atoms with Crippen molar-refractivity contribution in [2.24, 2.45) is 0 Å². The molecule has 0 aromatic heterocycles. The number of nitrogen functional groups attached to an aromatic ring is 1. The van der Waals surface area contributed by atoms with Gasteiger partial charge in [-0.25, -0.2) is 0 Å². The molecule has 0 amide bonds. The van der Waals surface area contributed by atoms with E-state index in [9.17, 15) is 10.1 Å². The van der Waals surface area contributed by atoms with Crippen molar-refractivity contribution in [2.45, 2.75) is 13.8 Å². The van der Waals surface area contributed by atoms with Gasteiger partial charge >= 0.3 is 0 Å². The molecule has 0 unspecified atom stereocenters. The normalized spacial score (nSPS) is 8.35. The maximum absolute atomic E-state index is 10.3. The number of nitro benzene ring substituents is 1. The fourth-order valence-corrected chi connectivity index (χ4v) is 1.90. The molecule has 0 aliphatic carbocycles. The molecule has 0 aliphatic rings. The fourth-order valence-electron chi connectivity index (χ4n) is 1.41. The number of aryl methyl sites for hydroxylation is 2. The van der Waals surface area contributed by atoms with Crippen molar-refractivity contribution < 1.29 is 22.0 Å². The van der Waals surface area contributed by atoms with Crippen molar-refractivity contribution in [3.05, 3.63) is 66.6 Å². The number of halogens is 3. The Balaban J connectivity index is -0.000000312. The molecule has 0 saturated heterocycles. The number of anilines is 1. The number of nitrogens with zero attached hydrogens (tertiary/aromatic N) is 1. The first-order chi connectivity index (χ1) is 9.31. The minimum Gasteiger partial charge on any atom is -0.399 e. The number of hydrogen-bond acceptors (Lipinski definition) is 4. The summed E-state index contributed by atoms with van der Waals surface area (Å²) in [6, 6.07) is 10.4. The van der Waals surface area contributed by atoms with Crippen LogP contribution in [0.4, 0.5) is 11.4 Å². The van der Waals surface area contributed by atoms with Crippen LogP contribution in [0.25, 0.3) is 0 Å². The molecule has 0 atom stereocenters. The molecule has 0 aliphatic heterocycles. The van der Waals surface area contributed by atoms with Crippen molar-refractivity contribution in [1.29, 1.82) is 0 Å². The van der Waals surface area contributed by atoms with Gasteiger partial charge in [0.05, 0.1) is 4.92 Å². The van der Waals surface area contributed by atoms with E-state index in [0.29, 0.717) is 0 Å². The number of benzene rings is 2. The second kappa shape index (κ2) is 12.8. The van der Waals surface area contributed by atoms with Crippen LogP contribution in [0, 0.1) is 24.0 Å². The van der Waals surface area contributed by atoms with Gasteiger partial charge in [-0.15, -0.1) is 12.4 Å². The van der Waals surface area contributed by atoms with Crippen LogP contribution in [0.1, 0.15) is 11.1 Å². The van der Waals surface area contributed by atoms with E-state index >= 15 is 0 Å². The zero-order valence-electron chi connectivity index (χ0n) is 12.5. The smallest absolute Gasteiger partial charge is 0.269 e. The summed E-state index contributed by atoms with van der Waals surface area (Å²) in [6.07, 6.45) is 0. The SMILES string of the molecule is Cc1cc(N)ccc1Br.Cc1cc([N+](=O)[O-])ccc1Br.Cl.N.[Fe]. The average molecular weight is 511 g/mol. The summed E-state index contributed by atoms with van der Waals surface area (Å²) in [6.45, 7) is 3.83. The van der Waals surface area contributed by atoms with Crippen molar-refractivity contribution in [3.63, 3.8) is 0 Å². The van der Waals surface area contributed by atoms with Gasteiger partial charge in [0.15, 0.2) is 0 Å². The predicted molar refractivity (Wildman–Crippen MR) is 101 cm³/mol. The molecule has 0 fully saturated rings. The fraction of sp³-hybridized carbons (Fsp3) is 0.143. The summed E-state index contributed by atoms with van der Waals surface area (Å²) in [5.74, 6) is 0. The summed E-state index contributed by atoms with van der Waals surface area (Å²) in [7, 11) is 0. The molecular formula is C14H18Br2ClFeN3O2. The predicted octanol–water partition coefficient (Wildman–Crippen LogP) is 5.59. The Morgan fingerprint density at radius 3 is 1.78 bits per heavy atom. The molecule has 0 spiro atoms. The Bertz CT molecular complexity index is 645. The van der Waals surface area contributed by atoms with Gasteiger partial charge < -0.3 is 11.9 Å². The van der Waals surface area contributed by atoms with Gasteiger partial charge in [-0.3, -0.25) is 10.1 Å². The van der Waals surface area contributed by atoms with Crippen molar-refractivity contribution >= 4 is 55.6 Å². The first-order valence-corrected chi connectivity index (χ1v) is 7.32. The van der Waals surface area contributed by atoms with Crippen LogP contribution in [-0.2, 0) is 17.1 Å². The van der Waals surface area contributed by atoms with Crippen LogP contribution >= 0.6 is 44.3 Å². The molecule has 5 N–H and O–H groups in total. The van der Waals surface area contributed by atoms with E-state index in [-0.39, 0.29) is 41.3 Å². The van der Waals surface area contributed by atoms with Crippen LogP contribution in [0.15, 0.2) is 45.3 Å². The Morgan fingerprint density at radius 1 is 1.00 bits per heavy atom. The second-order valence-electron chi connectivity index (χ2n) is 4.20. The minimum atomic E-state index is -0.403. The van der Waals surface area contributed by atoms with Gasteiger partial charge in [0, 0.05) is 43.8 Å². The third-order valence-electron chi connectivity index (χ3n) is 2.53. The van der Waals surface area contributed by atoms with Crippen molar-refractivity contribution in [2.75, 3.05) is 5.73 Å². The van der Waals surface area contributed by atoms with E-state index in [1.165, 1.54) is 17.7 Å². The molecule has 0 radical (unpaired) electrons. The van der Waals surface area contributed by atoms with Crippen LogP contribution in [0.3, 0.4) is 0 Å². The molecule has 2 aromatic rings. The monoisotopic (exact) mass is 509 g/mol. The zero-order valence-corrected chi connectivity index (χ0v) is 17.6. The summed E-state index contributed by atoms with van der Waals surface area (Å²) in [5.41, 5.74) is 8.50. The minimum absolute atomic E-state index is 0. The third kappa shape index (κ3) is 9.29. The van der Waals surface area contributed by atoms with Crippen molar-refractivity contribution in [1.82, 2.24) is 6.15 Å². The average Bonchev–Trinajstić information content (AvgIpc) is 2.38. The van der Waals surface area contributed by atoms with E-state index in [0.717, 1.165) is 20.2 Å². The van der Waals surface area contributed by atoms with Crippen LogP contribution in [0.2, 0.25) is 0 Å². The van der Waals surface area contributed by atoms with Crippen molar-refractivity contribution in [3.8, 4) is 0 Å². The largest absolute Gasteiger partial charge is 0.399 e. The molecule has 9 heteroatoms. The number of nitro groups is 1. The standard InChI is InChI=1S/C7H6BrNO2.C7H8BrN.ClH.Fe.H3N/c1-5-4-6(9(10)11)2-3-7(5)8;1-5-4-6(9)2-3-7(5)8;;;/h2-4H,1H3;2-4H,9H2,1H3;1H;;1H3. The van der Waals surface area contributed by atoms with Gasteiger partial charge in [-0.1, -0.05) is 31.9 Å².